The van der Waals surface area contributed by atoms with E-state index in [1.165, 1.54) is 4.90 Å². The molecule has 3 N–H and O–H groups in total. The fourth-order valence-electron chi connectivity index (χ4n) is 3.17. The number of nitrogens with zero attached hydrogens (tertiary/aromatic N) is 1. The normalized spacial score (nSPS) is 21.4. The van der Waals surface area contributed by atoms with Crippen LogP contribution in [0.1, 0.15) is 31.7 Å². The van der Waals surface area contributed by atoms with Crippen LogP contribution in [-0.4, -0.2) is 41.8 Å². The molecule has 0 aromatic heterocycles. The molecule has 1 fully saturated rings. The number of hydrogen-bond acceptors (Lipinski definition) is 3. The number of rotatable bonds is 5. The number of halogens is 1. The van der Waals surface area contributed by atoms with Gasteiger partial charge in [-0.15, -0.1) is 0 Å². The van der Waals surface area contributed by atoms with Crippen molar-refractivity contribution in [1.29, 1.82) is 0 Å². The van der Waals surface area contributed by atoms with Gasteiger partial charge in [0.15, 0.2) is 0 Å². The number of carboxylic acid groups (broad SMARTS) is 1. The summed E-state index contributed by atoms with van der Waals surface area (Å²) >= 11 is 6.11. The lowest BCUT2D eigenvalue weighted by atomic mass is 9.82. The van der Waals surface area contributed by atoms with Crippen molar-refractivity contribution in [1.82, 2.24) is 4.90 Å². The lowest BCUT2D eigenvalue weighted by Gasteiger charge is -2.45. The fourth-order valence-corrected chi connectivity index (χ4v) is 3.36. The predicted octanol–water partition coefficient (Wildman–Crippen LogP) is 3.06. The molecule has 1 amide bonds. The number of ether oxygens (including phenoxy) is 1. The monoisotopic (exact) mass is 326 g/mol. The topological polar surface area (TPSA) is 75.8 Å². The number of hydrogen-bond donors (Lipinski definition) is 2. The highest BCUT2D eigenvalue weighted by atomic mass is 35.5. The van der Waals surface area contributed by atoms with Gasteiger partial charge in [0.25, 0.3) is 0 Å². The summed E-state index contributed by atoms with van der Waals surface area (Å²) in [5, 5.41) is 10.1. The van der Waals surface area contributed by atoms with Gasteiger partial charge in [-0.25, -0.2) is 4.79 Å². The van der Waals surface area contributed by atoms with Crippen LogP contribution >= 0.6 is 11.6 Å². The van der Waals surface area contributed by atoms with Crippen LogP contribution in [-0.2, 0) is 10.3 Å². The van der Waals surface area contributed by atoms with Crippen LogP contribution in [0.2, 0.25) is 5.02 Å². The van der Waals surface area contributed by atoms with Crippen molar-refractivity contribution in [3.63, 3.8) is 0 Å². The summed E-state index contributed by atoms with van der Waals surface area (Å²) in [4.78, 5) is 13.1. The zero-order valence-electron chi connectivity index (χ0n) is 12.8. The van der Waals surface area contributed by atoms with Crippen molar-refractivity contribution in [3.8, 4) is 0 Å². The van der Waals surface area contributed by atoms with Gasteiger partial charge in [0.1, 0.15) is 5.60 Å². The van der Waals surface area contributed by atoms with E-state index in [0.29, 0.717) is 24.7 Å². The van der Waals surface area contributed by atoms with E-state index < -0.39 is 11.7 Å². The standard InChI is InChI=1S/C16H23ClN2O3/c1-16(22-10-8-18,12-5-4-6-13(17)11-12)14-7-2-3-9-19(14)15(20)21/h4-6,11,14H,2-3,7-10,18H2,1H3,(H,20,21)/t14?,16-/m1/s1. The van der Waals surface area contributed by atoms with Crippen LogP contribution in [0.25, 0.3) is 0 Å². The predicted molar refractivity (Wildman–Crippen MR) is 86.2 cm³/mol. The molecule has 1 saturated heterocycles. The van der Waals surface area contributed by atoms with Crippen molar-refractivity contribution in [2.24, 2.45) is 5.73 Å². The maximum Gasteiger partial charge on any atom is 0.407 e. The Morgan fingerprint density at radius 3 is 2.95 bits per heavy atom. The van der Waals surface area contributed by atoms with Crippen molar-refractivity contribution in [2.75, 3.05) is 19.7 Å². The number of amides is 1. The number of benzene rings is 1. The van der Waals surface area contributed by atoms with E-state index in [2.05, 4.69) is 0 Å². The first-order valence-corrected chi connectivity index (χ1v) is 7.96. The first-order chi connectivity index (χ1) is 10.5. The number of piperidine rings is 1. The Labute approximate surface area is 136 Å². The van der Waals surface area contributed by atoms with Gasteiger partial charge in [-0.2, -0.15) is 0 Å². The van der Waals surface area contributed by atoms with Crippen LogP contribution in [0.4, 0.5) is 4.79 Å². The molecule has 2 atom stereocenters. The second kappa shape index (κ2) is 7.31. The molecule has 0 radical (unpaired) electrons. The van der Waals surface area contributed by atoms with Crippen molar-refractivity contribution in [2.45, 2.75) is 37.8 Å². The van der Waals surface area contributed by atoms with Crippen LogP contribution in [0, 0.1) is 0 Å². The molecule has 0 spiro atoms. The van der Waals surface area contributed by atoms with E-state index in [9.17, 15) is 9.90 Å². The molecule has 22 heavy (non-hydrogen) atoms. The SMILES string of the molecule is C[C@@](OCCN)(c1cccc(Cl)c1)C1CCCCN1C(=O)O. The Balaban J connectivity index is 2.40. The van der Waals surface area contributed by atoms with Gasteiger partial charge in [0.2, 0.25) is 0 Å². The van der Waals surface area contributed by atoms with Crippen LogP contribution in [0.15, 0.2) is 24.3 Å². The Morgan fingerprint density at radius 2 is 2.32 bits per heavy atom. The van der Waals surface area contributed by atoms with Crippen LogP contribution < -0.4 is 5.73 Å². The molecule has 1 aromatic carbocycles. The fraction of sp³-hybridized carbons (Fsp3) is 0.562. The van der Waals surface area contributed by atoms with Crippen molar-refractivity contribution in [3.05, 3.63) is 34.9 Å². The minimum atomic E-state index is -0.908. The molecule has 0 saturated carbocycles. The largest absolute Gasteiger partial charge is 0.465 e. The minimum absolute atomic E-state index is 0.247. The summed E-state index contributed by atoms with van der Waals surface area (Å²) in [6.07, 6.45) is 1.72. The third-order valence-electron chi connectivity index (χ3n) is 4.30. The molecule has 2 rings (SSSR count). The highest BCUT2D eigenvalue weighted by Crippen LogP contribution is 2.38. The van der Waals surface area contributed by atoms with E-state index in [1.54, 1.807) is 6.07 Å². The van der Waals surface area contributed by atoms with Gasteiger partial charge in [0.05, 0.1) is 12.6 Å². The summed E-state index contributed by atoms with van der Waals surface area (Å²) in [5.41, 5.74) is 5.71. The molecule has 1 aromatic rings. The van der Waals surface area contributed by atoms with Gasteiger partial charge < -0.3 is 20.5 Å². The van der Waals surface area contributed by atoms with E-state index in [4.69, 9.17) is 22.1 Å². The smallest absolute Gasteiger partial charge is 0.407 e. The van der Waals surface area contributed by atoms with Crippen LogP contribution in [0.5, 0.6) is 0 Å². The van der Waals surface area contributed by atoms with Crippen molar-refractivity contribution >= 4 is 17.7 Å². The van der Waals surface area contributed by atoms with E-state index in [1.807, 2.05) is 25.1 Å². The summed E-state index contributed by atoms with van der Waals surface area (Å²) in [5.74, 6) is 0. The Hall–Kier alpha value is -1.30. The number of nitrogens with two attached hydrogens (primary N) is 1. The average molecular weight is 327 g/mol. The maximum atomic E-state index is 11.6. The third-order valence-corrected chi connectivity index (χ3v) is 4.54. The second-order valence-electron chi connectivity index (χ2n) is 5.74. The zero-order chi connectivity index (χ0) is 16.2. The molecular formula is C16H23ClN2O3. The molecule has 0 aliphatic carbocycles. The molecule has 0 bridgehead atoms. The van der Waals surface area contributed by atoms with Gasteiger partial charge in [-0.05, 0) is 43.9 Å². The molecule has 122 valence electrons. The maximum absolute atomic E-state index is 11.6. The first kappa shape index (κ1) is 17.1. The second-order valence-corrected chi connectivity index (χ2v) is 6.18. The highest BCUT2D eigenvalue weighted by molar-refractivity contribution is 6.30. The van der Waals surface area contributed by atoms with E-state index in [0.717, 1.165) is 24.8 Å². The lowest BCUT2D eigenvalue weighted by molar-refractivity contribution is -0.0975. The Morgan fingerprint density at radius 1 is 1.55 bits per heavy atom. The molecule has 1 aliphatic heterocycles. The van der Waals surface area contributed by atoms with E-state index in [-0.39, 0.29) is 6.04 Å². The van der Waals surface area contributed by atoms with Gasteiger partial charge >= 0.3 is 6.09 Å². The highest BCUT2D eigenvalue weighted by Gasteiger charge is 2.43. The lowest BCUT2D eigenvalue weighted by Crippen LogP contribution is -2.55. The van der Waals surface area contributed by atoms with Crippen LogP contribution in [0.3, 0.4) is 0 Å². The number of carbonyl (C=O) groups is 1. The van der Waals surface area contributed by atoms with Crippen molar-refractivity contribution < 1.29 is 14.6 Å². The van der Waals surface area contributed by atoms with Gasteiger partial charge in [0, 0.05) is 18.1 Å². The van der Waals surface area contributed by atoms with Gasteiger partial charge in [-0.3, -0.25) is 0 Å². The first-order valence-electron chi connectivity index (χ1n) is 7.58. The Bertz CT molecular complexity index is 526. The number of likely N-dealkylation sites (tertiary alicyclic amines) is 1. The summed E-state index contributed by atoms with van der Waals surface area (Å²) in [7, 11) is 0. The molecule has 1 heterocycles. The molecule has 5 nitrogen and oxygen atoms in total. The molecular weight excluding hydrogens is 304 g/mol. The summed E-state index contributed by atoms with van der Waals surface area (Å²) in [6.45, 7) is 3.21. The quantitative estimate of drug-likeness (QED) is 0.872. The average Bonchev–Trinajstić information content (AvgIpc) is 2.52. The Kier molecular flexibility index (Phi) is 5.67. The van der Waals surface area contributed by atoms with Gasteiger partial charge in [-0.1, -0.05) is 23.7 Å². The molecule has 1 aliphatic rings. The minimum Gasteiger partial charge on any atom is -0.465 e. The van der Waals surface area contributed by atoms with E-state index >= 15 is 0 Å². The summed E-state index contributed by atoms with van der Waals surface area (Å²) in [6, 6.07) is 7.17. The summed E-state index contributed by atoms with van der Waals surface area (Å²) < 4.78 is 6.05. The third kappa shape index (κ3) is 3.54. The zero-order valence-corrected chi connectivity index (χ0v) is 13.6. The molecule has 1 unspecified atom stereocenters. The molecule has 6 heteroatoms.